The summed E-state index contributed by atoms with van der Waals surface area (Å²) < 4.78 is 35.4. The number of aromatic nitrogens is 1. The number of para-hydroxylation sites is 1. The molecule has 1 saturated carbocycles. The van der Waals surface area contributed by atoms with Gasteiger partial charge in [-0.15, -0.1) is 0 Å². The lowest BCUT2D eigenvalue weighted by Crippen LogP contribution is -2.18. The van der Waals surface area contributed by atoms with Crippen LogP contribution in [0.5, 0.6) is 5.75 Å². The Morgan fingerprint density at radius 3 is 2.48 bits per heavy atom. The molecule has 2 heterocycles. The van der Waals surface area contributed by atoms with Crippen molar-refractivity contribution in [3.05, 3.63) is 130 Å². The minimum atomic E-state index is -3.95. The van der Waals surface area contributed by atoms with Gasteiger partial charge in [-0.1, -0.05) is 67.6 Å². The number of fused-ring (bicyclic) bond motifs is 1. The zero-order valence-corrected chi connectivity index (χ0v) is 24.1. The van der Waals surface area contributed by atoms with Crippen molar-refractivity contribution in [2.24, 2.45) is 5.92 Å². The van der Waals surface area contributed by atoms with Crippen LogP contribution < -0.4 is 10.3 Å². The Morgan fingerprint density at radius 1 is 0.976 bits per heavy atom. The first kappa shape index (κ1) is 27.7. The third-order valence-electron chi connectivity index (χ3n) is 7.99. The molecule has 5 aromatic rings. The highest BCUT2D eigenvalue weighted by molar-refractivity contribution is 7.93. The number of hydrogen-bond acceptors (Lipinski definition) is 6. The van der Waals surface area contributed by atoms with Gasteiger partial charge < -0.3 is 9.52 Å². The lowest BCUT2D eigenvalue weighted by molar-refractivity contribution is 0.379. The fourth-order valence-electron chi connectivity index (χ4n) is 5.74. The van der Waals surface area contributed by atoms with E-state index in [-0.39, 0.29) is 28.0 Å². The highest BCUT2D eigenvalue weighted by atomic mass is 32.2. The number of aromatic hydroxyl groups is 1. The first-order chi connectivity index (χ1) is 20.3. The van der Waals surface area contributed by atoms with E-state index in [1.165, 1.54) is 6.07 Å². The predicted octanol–water partition coefficient (Wildman–Crippen LogP) is 6.97. The molecule has 1 fully saturated rings. The van der Waals surface area contributed by atoms with Gasteiger partial charge in [0.1, 0.15) is 16.4 Å². The second kappa shape index (κ2) is 11.4. The molecule has 0 spiro atoms. The molecule has 7 nitrogen and oxygen atoms in total. The van der Waals surface area contributed by atoms with E-state index < -0.39 is 21.6 Å². The zero-order chi connectivity index (χ0) is 29.3. The van der Waals surface area contributed by atoms with Crippen molar-refractivity contribution in [3.8, 4) is 5.75 Å². The lowest BCUT2D eigenvalue weighted by atomic mass is 9.86. The average Bonchev–Trinajstić information content (AvgIpc) is 3.83. The maximum Gasteiger partial charge on any atom is 0.343 e. The summed E-state index contributed by atoms with van der Waals surface area (Å²) in [5.74, 6) is 0.0452. The Morgan fingerprint density at radius 2 is 1.74 bits per heavy atom. The average molecular weight is 581 g/mol. The summed E-state index contributed by atoms with van der Waals surface area (Å²) in [5, 5.41) is 11.9. The van der Waals surface area contributed by atoms with Crippen LogP contribution in [0.25, 0.3) is 10.9 Å². The van der Waals surface area contributed by atoms with Crippen LogP contribution in [0.15, 0.2) is 111 Å². The molecule has 8 heteroatoms. The number of anilines is 1. The smallest absolute Gasteiger partial charge is 0.343 e. The molecule has 0 bridgehead atoms. The zero-order valence-electron chi connectivity index (χ0n) is 23.2. The summed E-state index contributed by atoms with van der Waals surface area (Å²) in [6.07, 6.45) is 4.80. The fourth-order valence-corrected chi connectivity index (χ4v) is 6.97. The van der Waals surface area contributed by atoms with E-state index in [0.717, 1.165) is 35.8 Å². The molecule has 2 N–H and O–H groups in total. The van der Waals surface area contributed by atoms with Crippen LogP contribution in [0.2, 0.25) is 0 Å². The van der Waals surface area contributed by atoms with E-state index >= 15 is 0 Å². The second-order valence-electron chi connectivity index (χ2n) is 10.9. The van der Waals surface area contributed by atoms with Crippen LogP contribution in [0, 0.1) is 5.92 Å². The molecule has 0 aliphatic heterocycles. The first-order valence-corrected chi connectivity index (χ1v) is 15.7. The Hall–Kier alpha value is -4.43. The van der Waals surface area contributed by atoms with Crippen LogP contribution in [-0.2, 0) is 16.4 Å². The van der Waals surface area contributed by atoms with Crippen molar-refractivity contribution in [3.63, 3.8) is 0 Å². The van der Waals surface area contributed by atoms with Gasteiger partial charge in [0, 0.05) is 35.2 Å². The van der Waals surface area contributed by atoms with E-state index in [2.05, 4.69) is 9.71 Å². The largest absolute Gasteiger partial charge is 0.507 e. The molecule has 0 radical (unpaired) electrons. The molecule has 0 amide bonds. The van der Waals surface area contributed by atoms with Gasteiger partial charge in [-0.3, -0.25) is 9.71 Å². The number of nitrogens with zero attached hydrogens (tertiary/aromatic N) is 1. The third-order valence-corrected chi connectivity index (χ3v) is 9.41. The molecule has 1 aliphatic rings. The van der Waals surface area contributed by atoms with Gasteiger partial charge in [-0.2, -0.15) is 0 Å². The van der Waals surface area contributed by atoms with Crippen molar-refractivity contribution < 1.29 is 17.9 Å². The Bertz CT molecular complexity index is 1890. The summed E-state index contributed by atoms with van der Waals surface area (Å²) >= 11 is 0. The number of sulfonamides is 1. The van der Waals surface area contributed by atoms with Crippen LogP contribution in [0.4, 0.5) is 5.69 Å². The van der Waals surface area contributed by atoms with Crippen LogP contribution in [-0.4, -0.2) is 18.5 Å². The van der Waals surface area contributed by atoms with Crippen LogP contribution in [0.1, 0.15) is 60.5 Å². The Labute approximate surface area is 244 Å². The fraction of sp³-hybridized carbons (Fsp3) is 0.235. The molecule has 1 aliphatic carbocycles. The van der Waals surface area contributed by atoms with Gasteiger partial charge in [0.25, 0.3) is 10.0 Å². The highest BCUT2D eigenvalue weighted by Crippen LogP contribution is 2.48. The van der Waals surface area contributed by atoms with Crippen LogP contribution >= 0.6 is 0 Å². The highest BCUT2D eigenvalue weighted by Gasteiger charge is 2.38. The van der Waals surface area contributed by atoms with Crippen molar-refractivity contribution in [2.45, 2.75) is 49.3 Å². The summed E-state index contributed by atoms with van der Waals surface area (Å²) in [7, 11) is -3.95. The molecule has 6 rings (SSSR count). The predicted molar refractivity (Wildman–Crippen MR) is 163 cm³/mol. The standard InChI is InChI=1S/C34H32N2O5S/c1-2-23(19-22-9-4-3-5-10-22)29-21-28(37)32(34(38)41-29)31(24-16-17-24)26-12-6-14-27(20-26)36-42(39,40)30-15-7-11-25-13-8-18-35-33(25)30/h3-15,18,20-21,23-24,31,36-37H,2,16-17,19H2,1H3. The Kier molecular flexibility index (Phi) is 7.56. The molecular weight excluding hydrogens is 548 g/mol. The molecule has 3 aromatic carbocycles. The van der Waals surface area contributed by atoms with Gasteiger partial charge in [0.05, 0.1) is 11.1 Å². The minimum absolute atomic E-state index is 0.0549. The van der Waals surface area contributed by atoms with Crippen molar-refractivity contribution in [2.75, 3.05) is 4.72 Å². The number of benzene rings is 3. The van der Waals surface area contributed by atoms with Gasteiger partial charge in [-0.05, 0) is 67.0 Å². The molecule has 2 unspecified atom stereocenters. The van der Waals surface area contributed by atoms with Crippen molar-refractivity contribution >= 4 is 26.6 Å². The molecule has 2 aromatic heterocycles. The lowest BCUT2D eigenvalue weighted by Gasteiger charge is -2.20. The van der Waals surface area contributed by atoms with E-state index in [1.54, 1.807) is 42.6 Å². The molecule has 2 atom stereocenters. The van der Waals surface area contributed by atoms with Gasteiger partial charge >= 0.3 is 5.63 Å². The maximum absolute atomic E-state index is 13.5. The van der Waals surface area contributed by atoms with Crippen molar-refractivity contribution in [1.29, 1.82) is 0 Å². The van der Waals surface area contributed by atoms with E-state index in [0.29, 0.717) is 23.4 Å². The minimum Gasteiger partial charge on any atom is -0.507 e. The van der Waals surface area contributed by atoms with E-state index in [1.807, 2.05) is 55.5 Å². The quantitative estimate of drug-likeness (QED) is 0.185. The van der Waals surface area contributed by atoms with Gasteiger partial charge in [0.2, 0.25) is 0 Å². The summed E-state index contributed by atoms with van der Waals surface area (Å²) in [6.45, 7) is 2.03. The number of hydrogen-bond donors (Lipinski definition) is 2. The SMILES string of the molecule is CCC(Cc1ccccc1)c1cc(O)c(C(c2cccc(NS(=O)(=O)c3cccc4cccnc34)c2)C2CC2)c(=O)o1. The normalized spacial score (nSPS) is 14.9. The van der Waals surface area contributed by atoms with Crippen LogP contribution in [0.3, 0.4) is 0 Å². The summed E-state index contributed by atoms with van der Waals surface area (Å²) in [6, 6.07) is 27.2. The first-order valence-electron chi connectivity index (χ1n) is 14.2. The van der Waals surface area contributed by atoms with Crippen molar-refractivity contribution in [1.82, 2.24) is 4.98 Å². The second-order valence-corrected chi connectivity index (χ2v) is 12.6. The monoisotopic (exact) mass is 580 g/mol. The molecule has 214 valence electrons. The molecule has 0 saturated heterocycles. The number of rotatable bonds is 10. The maximum atomic E-state index is 13.5. The van der Waals surface area contributed by atoms with Gasteiger partial charge in [0.15, 0.2) is 0 Å². The van der Waals surface area contributed by atoms with E-state index in [4.69, 9.17) is 4.42 Å². The molecule has 42 heavy (non-hydrogen) atoms. The number of nitrogens with one attached hydrogen (secondary N) is 1. The molecular formula is C34H32N2O5S. The van der Waals surface area contributed by atoms with Gasteiger partial charge in [-0.25, -0.2) is 13.2 Å². The topological polar surface area (TPSA) is 110 Å². The number of pyridine rings is 1. The summed E-state index contributed by atoms with van der Waals surface area (Å²) in [4.78, 5) is 17.8. The summed E-state index contributed by atoms with van der Waals surface area (Å²) in [5.41, 5.74) is 2.28. The van der Waals surface area contributed by atoms with E-state index in [9.17, 15) is 18.3 Å². The Balaban J connectivity index is 1.32. The third kappa shape index (κ3) is 5.67.